The van der Waals surface area contributed by atoms with Gasteiger partial charge in [-0.3, -0.25) is 4.98 Å². The Morgan fingerprint density at radius 1 is 1.46 bits per heavy atom. The van der Waals surface area contributed by atoms with Crippen LogP contribution < -0.4 is 5.73 Å². The molecule has 0 aliphatic carbocycles. The minimum Gasteiger partial charge on any atom is -0.330 e. The molecule has 2 N–H and O–H groups in total. The van der Waals surface area contributed by atoms with E-state index in [1.807, 2.05) is 13.1 Å². The molecule has 2 heteroatoms. The molecule has 13 heavy (non-hydrogen) atoms. The van der Waals surface area contributed by atoms with Gasteiger partial charge in [0.1, 0.15) is 0 Å². The van der Waals surface area contributed by atoms with Gasteiger partial charge in [-0.25, -0.2) is 0 Å². The van der Waals surface area contributed by atoms with Crippen LogP contribution in [0.2, 0.25) is 0 Å². The maximum atomic E-state index is 5.68. The van der Waals surface area contributed by atoms with Gasteiger partial charge in [0.2, 0.25) is 0 Å². The second-order valence-corrected chi connectivity index (χ2v) is 4.35. The molecule has 0 unspecified atom stereocenters. The first-order valence-corrected chi connectivity index (χ1v) is 4.65. The molecule has 0 aromatic carbocycles. The lowest BCUT2D eigenvalue weighted by Crippen LogP contribution is -2.25. The lowest BCUT2D eigenvalue weighted by Gasteiger charge is -2.22. The van der Waals surface area contributed by atoms with Gasteiger partial charge in [0.25, 0.3) is 0 Å². The molecule has 0 aliphatic rings. The zero-order valence-corrected chi connectivity index (χ0v) is 8.67. The molecular weight excluding hydrogens is 160 g/mol. The monoisotopic (exact) mass is 178 g/mol. The molecule has 0 radical (unpaired) electrons. The molecule has 0 amide bonds. The summed E-state index contributed by atoms with van der Waals surface area (Å²) >= 11 is 0. The topological polar surface area (TPSA) is 38.9 Å². The predicted molar refractivity (Wildman–Crippen MR) is 55.5 cm³/mol. The molecule has 0 fully saturated rings. The Balaban J connectivity index is 2.74. The molecule has 0 spiro atoms. The van der Waals surface area contributed by atoms with Crippen LogP contribution in [0.4, 0.5) is 0 Å². The van der Waals surface area contributed by atoms with Gasteiger partial charge < -0.3 is 5.73 Å². The Hall–Kier alpha value is -0.890. The van der Waals surface area contributed by atoms with Gasteiger partial charge in [-0.1, -0.05) is 13.8 Å². The van der Waals surface area contributed by atoms with Crippen LogP contribution in [0.1, 0.15) is 25.1 Å². The summed E-state index contributed by atoms with van der Waals surface area (Å²) in [4.78, 5) is 4.16. The van der Waals surface area contributed by atoms with Gasteiger partial charge in [0.05, 0.1) is 0 Å². The first-order valence-electron chi connectivity index (χ1n) is 4.65. The van der Waals surface area contributed by atoms with Crippen LogP contribution in [0.5, 0.6) is 0 Å². The van der Waals surface area contributed by atoms with Crippen molar-refractivity contribution in [1.29, 1.82) is 0 Å². The molecule has 1 aromatic heterocycles. The number of hydrogen-bond acceptors (Lipinski definition) is 2. The first-order chi connectivity index (χ1) is 6.03. The average molecular weight is 178 g/mol. The van der Waals surface area contributed by atoms with E-state index < -0.39 is 0 Å². The van der Waals surface area contributed by atoms with E-state index in [-0.39, 0.29) is 5.41 Å². The number of aryl methyl sites for hydroxylation is 1. The van der Waals surface area contributed by atoms with E-state index in [0.717, 1.165) is 12.1 Å². The normalized spacial score (nSPS) is 11.7. The van der Waals surface area contributed by atoms with E-state index in [2.05, 4.69) is 31.0 Å². The smallest absolute Gasteiger partial charge is 0.0375 e. The van der Waals surface area contributed by atoms with Crippen LogP contribution in [0.15, 0.2) is 18.3 Å². The highest BCUT2D eigenvalue weighted by Crippen LogP contribution is 2.19. The summed E-state index contributed by atoms with van der Waals surface area (Å²) in [5.74, 6) is 0. The van der Waals surface area contributed by atoms with Crippen LogP contribution in [0, 0.1) is 12.3 Å². The Morgan fingerprint density at radius 3 is 2.69 bits per heavy atom. The number of hydrogen-bond donors (Lipinski definition) is 1. The number of rotatable bonds is 3. The van der Waals surface area contributed by atoms with Gasteiger partial charge in [-0.05, 0) is 43.0 Å². The fraction of sp³-hybridized carbons (Fsp3) is 0.545. The van der Waals surface area contributed by atoms with Crippen molar-refractivity contribution in [3.63, 3.8) is 0 Å². The third kappa shape index (κ3) is 3.15. The zero-order valence-electron chi connectivity index (χ0n) is 8.67. The van der Waals surface area contributed by atoms with Gasteiger partial charge in [0.15, 0.2) is 0 Å². The number of pyridine rings is 1. The molecule has 0 aliphatic heterocycles. The maximum absolute atomic E-state index is 5.68. The summed E-state index contributed by atoms with van der Waals surface area (Å²) in [6.45, 7) is 7.10. The fourth-order valence-electron chi connectivity index (χ4n) is 1.34. The second-order valence-electron chi connectivity index (χ2n) is 4.35. The number of nitrogens with zero attached hydrogens (tertiary/aromatic N) is 1. The third-order valence-electron chi connectivity index (χ3n) is 2.20. The van der Waals surface area contributed by atoms with Crippen LogP contribution in [0.3, 0.4) is 0 Å². The highest BCUT2D eigenvalue weighted by molar-refractivity contribution is 5.16. The molecule has 0 atom stereocenters. The van der Waals surface area contributed by atoms with E-state index in [0.29, 0.717) is 6.54 Å². The quantitative estimate of drug-likeness (QED) is 0.768. The fourth-order valence-corrected chi connectivity index (χ4v) is 1.34. The lowest BCUT2D eigenvalue weighted by atomic mass is 9.86. The Morgan fingerprint density at radius 2 is 2.15 bits per heavy atom. The van der Waals surface area contributed by atoms with E-state index in [1.54, 1.807) is 0 Å². The molecule has 0 bridgehead atoms. The number of nitrogens with two attached hydrogens (primary N) is 1. The molecule has 1 aromatic rings. The summed E-state index contributed by atoms with van der Waals surface area (Å²) in [5, 5.41) is 0. The highest BCUT2D eigenvalue weighted by atomic mass is 14.6. The SMILES string of the molecule is Cc1cc(CC(C)(C)CN)ccn1. The van der Waals surface area contributed by atoms with Gasteiger partial charge in [0, 0.05) is 11.9 Å². The third-order valence-corrected chi connectivity index (χ3v) is 2.20. The van der Waals surface area contributed by atoms with E-state index in [9.17, 15) is 0 Å². The second kappa shape index (κ2) is 3.88. The van der Waals surface area contributed by atoms with Crippen molar-refractivity contribution in [2.75, 3.05) is 6.54 Å². The van der Waals surface area contributed by atoms with Crippen molar-refractivity contribution in [1.82, 2.24) is 4.98 Å². The van der Waals surface area contributed by atoms with Crippen LogP contribution in [-0.2, 0) is 6.42 Å². The van der Waals surface area contributed by atoms with Crippen LogP contribution in [0.25, 0.3) is 0 Å². The van der Waals surface area contributed by atoms with Crippen molar-refractivity contribution < 1.29 is 0 Å². The molecule has 0 saturated heterocycles. The minimum absolute atomic E-state index is 0.188. The van der Waals surface area contributed by atoms with Crippen molar-refractivity contribution in [3.8, 4) is 0 Å². The van der Waals surface area contributed by atoms with E-state index in [1.165, 1.54) is 5.56 Å². The lowest BCUT2D eigenvalue weighted by molar-refractivity contribution is 0.376. The van der Waals surface area contributed by atoms with Gasteiger partial charge in [-0.2, -0.15) is 0 Å². The standard InChI is InChI=1S/C11H18N2/c1-9-6-10(4-5-13-9)7-11(2,3)8-12/h4-6H,7-8,12H2,1-3H3. The van der Waals surface area contributed by atoms with Crippen molar-refractivity contribution in [2.24, 2.45) is 11.1 Å². The van der Waals surface area contributed by atoms with E-state index >= 15 is 0 Å². The van der Waals surface area contributed by atoms with Gasteiger partial charge >= 0.3 is 0 Å². The maximum Gasteiger partial charge on any atom is 0.0375 e. The largest absolute Gasteiger partial charge is 0.330 e. The zero-order chi connectivity index (χ0) is 9.90. The van der Waals surface area contributed by atoms with Crippen molar-refractivity contribution in [3.05, 3.63) is 29.6 Å². The molecule has 72 valence electrons. The molecular formula is C11H18N2. The Bertz CT molecular complexity index is 279. The minimum atomic E-state index is 0.188. The summed E-state index contributed by atoms with van der Waals surface area (Å²) in [6.07, 6.45) is 2.88. The summed E-state index contributed by atoms with van der Waals surface area (Å²) < 4.78 is 0. The average Bonchev–Trinajstić information content (AvgIpc) is 2.03. The summed E-state index contributed by atoms with van der Waals surface area (Å²) in [5.41, 5.74) is 8.26. The van der Waals surface area contributed by atoms with Gasteiger partial charge in [-0.15, -0.1) is 0 Å². The van der Waals surface area contributed by atoms with Crippen molar-refractivity contribution >= 4 is 0 Å². The van der Waals surface area contributed by atoms with Crippen molar-refractivity contribution in [2.45, 2.75) is 27.2 Å². The Kier molecular flexibility index (Phi) is 3.04. The van der Waals surface area contributed by atoms with E-state index in [4.69, 9.17) is 5.73 Å². The van der Waals surface area contributed by atoms with Crippen LogP contribution in [-0.4, -0.2) is 11.5 Å². The Labute approximate surface area is 80.2 Å². The molecule has 2 nitrogen and oxygen atoms in total. The highest BCUT2D eigenvalue weighted by Gasteiger charge is 2.15. The first kappa shape index (κ1) is 10.2. The summed E-state index contributed by atoms with van der Waals surface area (Å²) in [7, 11) is 0. The van der Waals surface area contributed by atoms with Crippen LogP contribution >= 0.6 is 0 Å². The number of aromatic nitrogens is 1. The molecule has 0 saturated carbocycles. The summed E-state index contributed by atoms with van der Waals surface area (Å²) in [6, 6.07) is 4.18. The predicted octanol–water partition coefficient (Wildman–Crippen LogP) is 1.92. The molecule has 1 heterocycles. The molecule has 1 rings (SSSR count).